The Kier molecular flexibility index (Phi) is 11.8. The average Bonchev–Trinajstić information content (AvgIpc) is 3.85. The number of rotatable bonds is 15. The van der Waals surface area contributed by atoms with Gasteiger partial charge in [-0.25, -0.2) is 8.78 Å². The van der Waals surface area contributed by atoms with Crippen LogP contribution in [-0.4, -0.2) is 60.5 Å². The Morgan fingerprint density at radius 2 is 1.51 bits per heavy atom. The number of pyridine rings is 1. The number of nitrogens with one attached hydrogen (secondary N) is 2. The number of nitrogens with zero attached hydrogens (tertiary/aromatic N) is 1. The summed E-state index contributed by atoms with van der Waals surface area (Å²) in [5.74, 6) is -1.92. The van der Waals surface area contributed by atoms with Crippen molar-refractivity contribution in [1.29, 1.82) is 0 Å². The van der Waals surface area contributed by atoms with Crippen molar-refractivity contribution in [3.8, 4) is 23.0 Å². The Hall–Kier alpha value is -4.66. The van der Waals surface area contributed by atoms with Gasteiger partial charge in [-0.15, -0.1) is 0 Å². The van der Waals surface area contributed by atoms with E-state index in [1.165, 1.54) is 49.7 Å². The molecule has 0 bridgehead atoms. The van der Waals surface area contributed by atoms with Crippen LogP contribution in [-0.2, 0) is 14.4 Å². The van der Waals surface area contributed by atoms with Gasteiger partial charge < -0.3 is 30.0 Å². The molecule has 1 aromatic heterocycles. The minimum atomic E-state index is -1.29. The minimum absolute atomic E-state index is 0. The molecule has 1 heterocycles. The number of anilines is 2. The fraction of sp³-hybridized carbons (Fsp3) is 0.294. The molecule has 10 nitrogen and oxygen atoms in total. The summed E-state index contributed by atoms with van der Waals surface area (Å²) in [6.07, 6.45) is 5.34. The van der Waals surface area contributed by atoms with E-state index in [2.05, 4.69) is 15.6 Å². The first kappa shape index (κ1) is 35.2. The van der Waals surface area contributed by atoms with Gasteiger partial charge in [-0.05, 0) is 74.2 Å². The maximum absolute atomic E-state index is 15.2. The fourth-order valence-electron chi connectivity index (χ4n) is 4.90. The summed E-state index contributed by atoms with van der Waals surface area (Å²) in [7, 11) is 1.50. The number of halogens is 2. The number of carboxylic acid groups (broad SMARTS) is 1. The van der Waals surface area contributed by atoms with Gasteiger partial charge in [0.2, 0.25) is 11.8 Å². The number of aromatic nitrogens is 1. The Bertz CT molecular complexity index is 1750. The third kappa shape index (κ3) is 8.78. The van der Waals surface area contributed by atoms with E-state index in [1.54, 1.807) is 18.2 Å². The number of ether oxygens (including phenoxy) is 3. The first-order chi connectivity index (χ1) is 22.2. The molecule has 0 aliphatic heterocycles. The number of hydrogen-bond acceptors (Lipinski definition) is 7. The van der Waals surface area contributed by atoms with Gasteiger partial charge in [0, 0.05) is 41.5 Å². The Morgan fingerprint density at radius 3 is 2.17 bits per heavy atom. The zero-order valence-corrected chi connectivity index (χ0v) is 25.1. The molecular weight excluding hydrogens is 607 g/mol. The normalized spacial score (nSPS) is 12.8. The van der Waals surface area contributed by atoms with Gasteiger partial charge in [0.1, 0.15) is 17.0 Å². The van der Waals surface area contributed by atoms with E-state index >= 15 is 4.39 Å². The van der Waals surface area contributed by atoms with Gasteiger partial charge in [-0.3, -0.25) is 19.4 Å². The summed E-state index contributed by atoms with van der Waals surface area (Å²) in [4.78, 5) is 40.9. The van der Waals surface area contributed by atoms with Crippen LogP contribution >= 0.6 is 0 Å². The molecule has 47 heavy (non-hydrogen) atoms. The molecule has 13 heteroatoms. The second kappa shape index (κ2) is 15.8. The van der Waals surface area contributed by atoms with Crippen molar-refractivity contribution in [3.63, 3.8) is 0 Å². The quantitative estimate of drug-likeness (QED) is 0.0767. The van der Waals surface area contributed by atoms with Crippen molar-refractivity contribution in [1.82, 2.24) is 4.98 Å². The number of carbonyl (C=O) groups is 3. The van der Waals surface area contributed by atoms with Gasteiger partial charge in [-0.2, -0.15) is 0 Å². The van der Waals surface area contributed by atoms with Crippen LogP contribution in [0.4, 0.5) is 20.2 Å². The van der Waals surface area contributed by atoms with E-state index in [9.17, 15) is 18.8 Å². The molecule has 0 atom stereocenters. The molecule has 4 aromatic rings. The number of benzene rings is 3. The van der Waals surface area contributed by atoms with Crippen molar-refractivity contribution >= 4 is 58.9 Å². The van der Waals surface area contributed by atoms with Gasteiger partial charge in [0.15, 0.2) is 23.1 Å². The van der Waals surface area contributed by atoms with E-state index < -0.39 is 34.8 Å². The maximum atomic E-state index is 15.2. The Morgan fingerprint density at radius 1 is 0.830 bits per heavy atom. The number of amides is 2. The van der Waals surface area contributed by atoms with Gasteiger partial charge in [0.25, 0.3) is 0 Å². The predicted molar refractivity (Wildman–Crippen MR) is 173 cm³/mol. The Labute approximate surface area is 282 Å². The van der Waals surface area contributed by atoms with Crippen molar-refractivity contribution in [2.75, 3.05) is 24.4 Å². The Balaban J connectivity index is 0.00000500. The summed E-state index contributed by atoms with van der Waals surface area (Å²) in [6, 6.07) is 14.2. The summed E-state index contributed by atoms with van der Waals surface area (Å²) in [6.45, 7) is 0.416. The van der Waals surface area contributed by atoms with Crippen molar-refractivity contribution in [2.45, 2.75) is 44.9 Å². The van der Waals surface area contributed by atoms with Crippen molar-refractivity contribution < 1.29 is 42.5 Å². The van der Waals surface area contributed by atoms with Crippen LogP contribution in [0.1, 0.15) is 44.9 Å². The van der Waals surface area contributed by atoms with E-state index in [1.807, 2.05) is 0 Å². The number of hydrogen-bond donors (Lipinski definition) is 3. The van der Waals surface area contributed by atoms with Crippen molar-refractivity contribution in [3.05, 3.63) is 78.5 Å². The van der Waals surface area contributed by atoms with Gasteiger partial charge >= 0.3 is 24.8 Å². The first-order valence-corrected chi connectivity index (χ1v) is 14.9. The number of methoxy groups -OCH3 is 1. The second-order valence-electron chi connectivity index (χ2n) is 11.0. The molecule has 0 spiro atoms. The molecule has 3 aromatic carbocycles. The number of unbranched alkanes of at least 4 members (excludes halogenated alkanes) is 3. The average molecular weight is 642 g/mol. The van der Waals surface area contributed by atoms with Crippen LogP contribution < -0.4 is 24.8 Å². The van der Waals surface area contributed by atoms with E-state index in [0.29, 0.717) is 59.7 Å². The number of fused-ring (bicyclic) bond motifs is 1. The van der Waals surface area contributed by atoms with E-state index in [-0.39, 0.29) is 36.7 Å². The zero-order chi connectivity index (χ0) is 32.7. The summed E-state index contributed by atoms with van der Waals surface area (Å²) in [5, 5.41) is 14.6. The SMILES string of the molecule is COc1cc2c(Oc3ccc(NC(=O)C4(C(=O)Nc5ccc(F)cc5)CC4)cc3F)ccnc2cc1OCCCCCCC(=O)O.[LiH]. The molecule has 0 radical (unpaired) electrons. The molecular formula is C34H34F2LiN3O7. The third-order valence-electron chi connectivity index (χ3n) is 7.66. The number of carbonyl (C=O) groups excluding carboxylic acids is 2. The molecule has 3 N–H and O–H groups in total. The number of carboxylic acids is 1. The fourth-order valence-corrected chi connectivity index (χ4v) is 4.90. The summed E-state index contributed by atoms with van der Waals surface area (Å²) >= 11 is 0. The van der Waals surface area contributed by atoms with Crippen LogP contribution in [0.25, 0.3) is 10.9 Å². The van der Waals surface area contributed by atoms with Gasteiger partial charge in [-0.1, -0.05) is 12.8 Å². The molecule has 242 valence electrons. The first-order valence-electron chi connectivity index (χ1n) is 14.9. The molecule has 1 fully saturated rings. The molecule has 2 amide bonds. The predicted octanol–water partition coefficient (Wildman–Crippen LogP) is 6.44. The zero-order valence-electron chi connectivity index (χ0n) is 25.1. The second-order valence-corrected chi connectivity index (χ2v) is 11.0. The van der Waals surface area contributed by atoms with Crippen molar-refractivity contribution in [2.24, 2.45) is 5.41 Å². The van der Waals surface area contributed by atoms with Crippen LogP contribution in [0, 0.1) is 17.0 Å². The van der Waals surface area contributed by atoms with E-state index in [4.69, 9.17) is 19.3 Å². The molecule has 1 aliphatic rings. The molecule has 1 saturated carbocycles. The standard InChI is InChI=1S/C34H33F2N3O7.Li.H/c1-44-29-19-24-26(20-30(29)45-17-5-3-2-4-6-31(40)41)37-16-13-27(24)46-28-12-11-23(18-25(28)36)39-33(43)34(14-15-34)32(42)38-22-9-7-21(35)8-10-22;;/h7-13,16,18-20H,2-6,14-15,17H2,1H3,(H,38,42)(H,39,43)(H,40,41);;. The van der Waals surface area contributed by atoms with Crippen LogP contribution in [0.3, 0.4) is 0 Å². The third-order valence-corrected chi connectivity index (χ3v) is 7.66. The van der Waals surface area contributed by atoms with Crippen LogP contribution in [0.5, 0.6) is 23.0 Å². The topological polar surface area (TPSA) is 136 Å². The summed E-state index contributed by atoms with van der Waals surface area (Å²) in [5.41, 5.74) is -0.238. The molecule has 0 saturated heterocycles. The number of aliphatic carboxylic acids is 1. The van der Waals surface area contributed by atoms with Gasteiger partial charge in [0.05, 0.1) is 19.2 Å². The summed E-state index contributed by atoms with van der Waals surface area (Å²) < 4.78 is 45.7. The van der Waals surface area contributed by atoms with Crippen LogP contribution in [0.2, 0.25) is 0 Å². The molecule has 5 rings (SSSR count). The monoisotopic (exact) mass is 641 g/mol. The van der Waals surface area contributed by atoms with Crippen LogP contribution in [0.15, 0.2) is 66.9 Å². The molecule has 1 aliphatic carbocycles. The van der Waals surface area contributed by atoms with E-state index in [0.717, 1.165) is 25.3 Å². The molecule has 0 unspecified atom stereocenters.